The summed E-state index contributed by atoms with van der Waals surface area (Å²) in [6.07, 6.45) is 1.44. The van der Waals surface area contributed by atoms with Gasteiger partial charge >= 0.3 is 0 Å². The Morgan fingerprint density at radius 1 is 1.05 bits per heavy atom. The molecule has 0 radical (unpaired) electrons. The Kier molecular flexibility index (Phi) is 3.08. The zero-order valence-corrected chi connectivity index (χ0v) is 11.0. The molecule has 3 rings (SSSR count). The number of aryl methyl sites for hydroxylation is 1. The second-order valence-corrected chi connectivity index (χ2v) is 5.14. The standard InChI is InChI=1S/C17H17NO/c1-12-6-8-13(9-7-12)14-10-11-17(19)18-16-5-3-2-4-15(14)16/h2-9,14H,10-11H2,1H3,(H,18,19). The third-order valence-electron chi connectivity index (χ3n) is 3.75. The van der Waals surface area contributed by atoms with Crippen LogP contribution in [0.1, 0.15) is 35.4 Å². The average molecular weight is 251 g/mol. The van der Waals surface area contributed by atoms with E-state index in [1.165, 1.54) is 16.7 Å². The third-order valence-corrected chi connectivity index (χ3v) is 3.75. The zero-order valence-electron chi connectivity index (χ0n) is 11.0. The number of carbonyl (C=O) groups excluding carboxylic acids is 1. The normalized spacial score (nSPS) is 18.4. The van der Waals surface area contributed by atoms with Gasteiger partial charge in [0.05, 0.1) is 0 Å². The fraction of sp³-hybridized carbons (Fsp3) is 0.235. The number of hydrogen-bond donors (Lipinski definition) is 1. The van der Waals surface area contributed by atoms with E-state index in [0.29, 0.717) is 12.3 Å². The molecule has 0 spiro atoms. The van der Waals surface area contributed by atoms with E-state index < -0.39 is 0 Å². The van der Waals surface area contributed by atoms with Crippen molar-refractivity contribution in [3.05, 3.63) is 65.2 Å². The highest BCUT2D eigenvalue weighted by molar-refractivity contribution is 5.92. The van der Waals surface area contributed by atoms with Gasteiger partial charge in [0.25, 0.3) is 0 Å². The summed E-state index contributed by atoms with van der Waals surface area (Å²) in [6, 6.07) is 16.7. The first-order chi connectivity index (χ1) is 9.24. The van der Waals surface area contributed by atoms with E-state index in [1.54, 1.807) is 0 Å². The molecule has 1 aliphatic rings. The number of fused-ring (bicyclic) bond motifs is 1. The SMILES string of the molecule is Cc1ccc(C2CCC(=O)Nc3ccccc32)cc1. The average Bonchev–Trinajstić information content (AvgIpc) is 2.58. The van der Waals surface area contributed by atoms with Crippen LogP contribution in [0.2, 0.25) is 0 Å². The maximum absolute atomic E-state index is 11.8. The van der Waals surface area contributed by atoms with E-state index in [0.717, 1.165) is 12.1 Å². The summed E-state index contributed by atoms with van der Waals surface area (Å²) in [5.74, 6) is 0.415. The van der Waals surface area contributed by atoms with Crippen molar-refractivity contribution in [3.8, 4) is 0 Å². The largest absolute Gasteiger partial charge is 0.326 e. The summed E-state index contributed by atoms with van der Waals surface area (Å²) in [6.45, 7) is 2.09. The molecule has 0 aliphatic carbocycles. The molecule has 1 heterocycles. The summed E-state index contributed by atoms with van der Waals surface area (Å²) in [4.78, 5) is 11.8. The van der Waals surface area contributed by atoms with Crippen LogP contribution in [0.4, 0.5) is 5.69 Å². The fourth-order valence-corrected chi connectivity index (χ4v) is 2.70. The van der Waals surface area contributed by atoms with Crippen LogP contribution in [0, 0.1) is 6.92 Å². The summed E-state index contributed by atoms with van der Waals surface area (Å²) in [5, 5.41) is 2.99. The number of nitrogens with one attached hydrogen (secondary N) is 1. The molecule has 0 bridgehead atoms. The highest BCUT2D eigenvalue weighted by Crippen LogP contribution is 2.36. The van der Waals surface area contributed by atoms with Crippen molar-refractivity contribution < 1.29 is 4.79 Å². The number of amides is 1. The predicted molar refractivity (Wildman–Crippen MR) is 77.3 cm³/mol. The molecule has 1 atom stereocenters. The Morgan fingerprint density at radius 3 is 2.58 bits per heavy atom. The number of rotatable bonds is 1. The Bertz CT molecular complexity index is 601. The van der Waals surface area contributed by atoms with Gasteiger partial charge in [-0.15, -0.1) is 0 Å². The van der Waals surface area contributed by atoms with Gasteiger partial charge in [-0.05, 0) is 30.5 Å². The van der Waals surface area contributed by atoms with Gasteiger partial charge in [-0.1, -0.05) is 48.0 Å². The molecule has 2 aromatic carbocycles. The maximum Gasteiger partial charge on any atom is 0.224 e. The number of anilines is 1. The molecule has 1 amide bonds. The second-order valence-electron chi connectivity index (χ2n) is 5.14. The van der Waals surface area contributed by atoms with E-state index in [9.17, 15) is 4.79 Å². The first-order valence-electron chi connectivity index (χ1n) is 6.69. The Balaban J connectivity index is 2.06. The molecular weight excluding hydrogens is 234 g/mol. The summed E-state index contributed by atoms with van der Waals surface area (Å²) >= 11 is 0. The smallest absolute Gasteiger partial charge is 0.224 e. The molecular formula is C17H17NO. The molecule has 0 aromatic heterocycles. The van der Waals surface area contributed by atoms with E-state index >= 15 is 0 Å². The molecule has 0 saturated carbocycles. The van der Waals surface area contributed by atoms with Crippen LogP contribution in [0.5, 0.6) is 0 Å². The van der Waals surface area contributed by atoms with Crippen LogP contribution in [0.15, 0.2) is 48.5 Å². The summed E-state index contributed by atoms with van der Waals surface area (Å²) in [7, 11) is 0. The van der Waals surface area contributed by atoms with Gasteiger partial charge < -0.3 is 5.32 Å². The zero-order chi connectivity index (χ0) is 13.2. The highest BCUT2D eigenvalue weighted by atomic mass is 16.1. The molecule has 96 valence electrons. The Morgan fingerprint density at radius 2 is 1.79 bits per heavy atom. The number of carbonyl (C=O) groups is 1. The van der Waals surface area contributed by atoms with E-state index in [-0.39, 0.29) is 5.91 Å². The number of benzene rings is 2. The summed E-state index contributed by atoms with van der Waals surface area (Å²) < 4.78 is 0. The van der Waals surface area contributed by atoms with E-state index in [4.69, 9.17) is 0 Å². The number of para-hydroxylation sites is 1. The molecule has 1 aliphatic heterocycles. The third kappa shape index (κ3) is 2.39. The van der Waals surface area contributed by atoms with Crippen LogP contribution in [-0.4, -0.2) is 5.91 Å². The Labute approximate surface area is 113 Å². The lowest BCUT2D eigenvalue weighted by molar-refractivity contribution is -0.116. The van der Waals surface area contributed by atoms with Gasteiger partial charge in [0.1, 0.15) is 0 Å². The van der Waals surface area contributed by atoms with Gasteiger partial charge in [-0.2, -0.15) is 0 Å². The van der Waals surface area contributed by atoms with E-state index in [2.05, 4.69) is 42.6 Å². The lowest BCUT2D eigenvalue weighted by atomic mass is 9.87. The van der Waals surface area contributed by atoms with Crippen molar-refractivity contribution in [3.63, 3.8) is 0 Å². The Hall–Kier alpha value is -2.09. The minimum atomic E-state index is 0.113. The van der Waals surface area contributed by atoms with Crippen LogP contribution in [-0.2, 0) is 4.79 Å². The molecule has 2 heteroatoms. The molecule has 0 saturated heterocycles. The van der Waals surface area contributed by atoms with E-state index in [1.807, 2.05) is 18.2 Å². The van der Waals surface area contributed by atoms with Crippen molar-refractivity contribution >= 4 is 11.6 Å². The van der Waals surface area contributed by atoms with Crippen molar-refractivity contribution in [2.45, 2.75) is 25.7 Å². The van der Waals surface area contributed by atoms with Gasteiger partial charge in [0.15, 0.2) is 0 Å². The monoisotopic (exact) mass is 251 g/mol. The molecule has 0 fully saturated rings. The lowest BCUT2D eigenvalue weighted by Crippen LogP contribution is -2.08. The lowest BCUT2D eigenvalue weighted by Gasteiger charge is -2.17. The summed E-state index contributed by atoms with van der Waals surface area (Å²) in [5.41, 5.74) is 4.72. The second kappa shape index (κ2) is 4.88. The van der Waals surface area contributed by atoms with Gasteiger partial charge in [0.2, 0.25) is 5.91 Å². The van der Waals surface area contributed by atoms with Crippen LogP contribution >= 0.6 is 0 Å². The fourth-order valence-electron chi connectivity index (χ4n) is 2.70. The molecule has 2 nitrogen and oxygen atoms in total. The minimum Gasteiger partial charge on any atom is -0.326 e. The quantitative estimate of drug-likeness (QED) is 0.819. The van der Waals surface area contributed by atoms with Gasteiger partial charge in [0, 0.05) is 18.0 Å². The van der Waals surface area contributed by atoms with Crippen molar-refractivity contribution in [2.24, 2.45) is 0 Å². The van der Waals surface area contributed by atoms with Crippen molar-refractivity contribution in [1.29, 1.82) is 0 Å². The molecule has 2 aromatic rings. The predicted octanol–water partition coefficient (Wildman–Crippen LogP) is 3.86. The van der Waals surface area contributed by atoms with Crippen LogP contribution in [0.3, 0.4) is 0 Å². The number of hydrogen-bond acceptors (Lipinski definition) is 1. The van der Waals surface area contributed by atoms with Gasteiger partial charge in [-0.25, -0.2) is 0 Å². The highest BCUT2D eigenvalue weighted by Gasteiger charge is 2.22. The van der Waals surface area contributed by atoms with Gasteiger partial charge in [-0.3, -0.25) is 4.79 Å². The minimum absolute atomic E-state index is 0.113. The first kappa shape index (κ1) is 12.0. The molecule has 1 unspecified atom stereocenters. The van der Waals surface area contributed by atoms with Crippen molar-refractivity contribution in [2.75, 3.05) is 5.32 Å². The van der Waals surface area contributed by atoms with Crippen LogP contribution in [0.25, 0.3) is 0 Å². The molecule has 19 heavy (non-hydrogen) atoms. The van der Waals surface area contributed by atoms with Crippen LogP contribution < -0.4 is 5.32 Å². The van der Waals surface area contributed by atoms with Crippen molar-refractivity contribution in [1.82, 2.24) is 0 Å². The maximum atomic E-state index is 11.8. The topological polar surface area (TPSA) is 29.1 Å². The first-order valence-corrected chi connectivity index (χ1v) is 6.69. The molecule has 1 N–H and O–H groups in total.